The van der Waals surface area contributed by atoms with Gasteiger partial charge in [-0.05, 0) is 47.8 Å². The van der Waals surface area contributed by atoms with E-state index in [9.17, 15) is 9.59 Å². The molecule has 0 saturated carbocycles. The van der Waals surface area contributed by atoms with Crippen LogP contribution in [0, 0.1) is 3.57 Å². The molecule has 1 N–H and O–H groups in total. The average Bonchev–Trinajstić information content (AvgIpc) is 2.46. The molecule has 0 unspecified atom stereocenters. The summed E-state index contributed by atoms with van der Waals surface area (Å²) >= 11 is 2.05. The Morgan fingerprint density at radius 1 is 1.29 bits per heavy atom. The molecule has 7 heteroatoms. The van der Waals surface area contributed by atoms with Crippen LogP contribution in [-0.2, 0) is 4.79 Å². The summed E-state index contributed by atoms with van der Waals surface area (Å²) in [4.78, 5) is 27.0. The highest BCUT2D eigenvalue weighted by Crippen LogP contribution is 2.22. The van der Waals surface area contributed by atoms with E-state index < -0.39 is 5.97 Å². The smallest absolute Gasteiger partial charge is 0.335 e. The molecule has 1 heterocycles. The third-order valence-electron chi connectivity index (χ3n) is 3.39. The van der Waals surface area contributed by atoms with Gasteiger partial charge < -0.3 is 19.6 Å². The molecular weight excluding hydrogens is 387 g/mol. The van der Waals surface area contributed by atoms with Crippen molar-refractivity contribution in [2.45, 2.75) is 0 Å². The molecule has 1 aliphatic rings. The van der Waals surface area contributed by atoms with Crippen molar-refractivity contribution < 1.29 is 19.4 Å². The Balaban J connectivity index is 1.94. The summed E-state index contributed by atoms with van der Waals surface area (Å²) in [6, 6.07) is 4.63. The Morgan fingerprint density at radius 2 is 1.95 bits per heavy atom. The molecule has 1 saturated heterocycles. The van der Waals surface area contributed by atoms with E-state index in [1.165, 1.54) is 12.1 Å². The third-order valence-corrected chi connectivity index (χ3v) is 4.28. The molecule has 1 amide bonds. The fraction of sp³-hybridized carbons (Fsp3) is 0.429. The van der Waals surface area contributed by atoms with E-state index in [1.807, 2.05) is 7.05 Å². The molecule has 0 spiro atoms. The number of ether oxygens (including phenoxy) is 1. The second-order valence-electron chi connectivity index (χ2n) is 4.92. The van der Waals surface area contributed by atoms with Crippen LogP contribution in [0.1, 0.15) is 10.4 Å². The van der Waals surface area contributed by atoms with Gasteiger partial charge in [0.05, 0.1) is 9.13 Å². The number of carbonyl (C=O) groups is 2. The van der Waals surface area contributed by atoms with Crippen LogP contribution >= 0.6 is 22.6 Å². The number of rotatable bonds is 4. The summed E-state index contributed by atoms with van der Waals surface area (Å²) in [5.41, 5.74) is 0.150. The van der Waals surface area contributed by atoms with Gasteiger partial charge in [0.2, 0.25) is 0 Å². The predicted molar refractivity (Wildman–Crippen MR) is 85.7 cm³/mol. The highest BCUT2D eigenvalue weighted by atomic mass is 127. The highest BCUT2D eigenvalue weighted by Gasteiger charge is 2.19. The first-order chi connectivity index (χ1) is 9.97. The maximum absolute atomic E-state index is 12.1. The summed E-state index contributed by atoms with van der Waals surface area (Å²) in [5, 5.41) is 8.97. The van der Waals surface area contributed by atoms with E-state index in [1.54, 1.807) is 11.0 Å². The van der Waals surface area contributed by atoms with Gasteiger partial charge in [0.1, 0.15) is 5.75 Å². The van der Waals surface area contributed by atoms with Crippen molar-refractivity contribution >= 4 is 34.5 Å². The van der Waals surface area contributed by atoms with Gasteiger partial charge in [0.25, 0.3) is 5.91 Å². The molecule has 1 aromatic carbocycles. The van der Waals surface area contributed by atoms with Crippen molar-refractivity contribution in [1.82, 2.24) is 9.80 Å². The fourth-order valence-corrected chi connectivity index (χ4v) is 2.52. The van der Waals surface area contributed by atoms with E-state index in [0.29, 0.717) is 18.8 Å². The molecule has 0 radical (unpaired) electrons. The number of halogens is 1. The third kappa shape index (κ3) is 4.31. The zero-order valence-electron chi connectivity index (χ0n) is 11.7. The van der Waals surface area contributed by atoms with Crippen LogP contribution in [0.3, 0.4) is 0 Å². The number of piperazine rings is 1. The molecule has 0 aliphatic carbocycles. The van der Waals surface area contributed by atoms with E-state index in [0.717, 1.165) is 16.7 Å². The molecule has 114 valence electrons. The average molecular weight is 404 g/mol. The number of carboxylic acids is 1. The largest absolute Gasteiger partial charge is 0.483 e. The van der Waals surface area contributed by atoms with E-state index in [-0.39, 0.29) is 18.1 Å². The maximum Gasteiger partial charge on any atom is 0.335 e. The molecule has 21 heavy (non-hydrogen) atoms. The Bertz CT molecular complexity index is 542. The van der Waals surface area contributed by atoms with E-state index >= 15 is 0 Å². The monoisotopic (exact) mass is 404 g/mol. The van der Waals surface area contributed by atoms with Gasteiger partial charge in [0, 0.05) is 26.2 Å². The molecule has 0 bridgehead atoms. The van der Waals surface area contributed by atoms with Crippen LogP contribution in [0.4, 0.5) is 0 Å². The zero-order chi connectivity index (χ0) is 15.4. The Kier molecular flexibility index (Phi) is 5.40. The van der Waals surface area contributed by atoms with Crippen molar-refractivity contribution in [3.63, 3.8) is 0 Å². The minimum absolute atomic E-state index is 0.0667. The van der Waals surface area contributed by atoms with Crippen molar-refractivity contribution in [3.8, 4) is 5.75 Å². The Labute approximate surface area is 136 Å². The fourth-order valence-electron chi connectivity index (χ4n) is 2.03. The number of hydrogen-bond donors (Lipinski definition) is 1. The van der Waals surface area contributed by atoms with Gasteiger partial charge >= 0.3 is 5.97 Å². The second kappa shape index (κ2) is 7.08. The summed E-state index contributed by atoms with van der Waals surface area (Å²) in [6.45, 7) is 3.05. The zero-order valence-corrected chi connectivity index (χ0v) is 13.9. The Hall–Kier alpha value is -1.35. The standard InChI is InChI=1S/C14H17IN2O4/c1-16-4-6-17(7-5-16)13(18)9-21-12-8-10(14(19)20)2-3-11(12)15/h2-3,8H,4-7,9H2,1H3,(H,19,20). The topological polar surface area (TPSA) is 70.1 Å². The van der Waals surface area contributed by atoms with Crippen molar-refractivity contribution in [3.05, 3.63) is 27.3 Å². The SMILES string of the molecule is CN1CCN(C(=O)COc2cc(C(=O)O)ccc2I)CC1. The lowest BCUT2D eigenvalue weighted by atomic mass is 10.2. The van der Waals surface area contributed by atoms with Crippen LogP contribution < -0.4 is 4.74 Å². The molecule has 2 rings (SSSR count). The van der Waals surface area contributed by atoms with Gasteiger partial charge in [-0.1, -0.05) is 0 Å². The first-order valence-electron chi connectivity index (χ1n) is 6.59. The van der Waals surface area contributed by atoms with Crippen LogP contribution in [0.15, 0.2) is 18.2 Å². The number of carboxylic acid groups (broad SMARTS) is 1. The lowest BCUT2D eigenvalue weighted by molar-refractivity contribution is -0.134. The molecule has 0 atom stereocenters. The quantitative estimate of drug-likeness (QED) is 0.763. The number of hydrogen-bond acceptors (Lipinski definition) is 4. The Morgan fingerprint density at radius 3 is 2.57 bits per heavy atom. The second-order valence-corrected chi connectivity index (χ2v) is 6.09. The van der Waals surface area contributed by atoms with Gasteiger partial charge in [-0.25, -0.2) is 4.79 Å². The van der Waals surface area contributed by atoms with Crippen molar-refractivity contribution in [1.29, 1.82) is 0 Å². The van der Waals surface area contributed by atoms with Gasteiger partial charge in [-0.15, -0.1) is 0 Å². The summed E-state index contributed by atoms with van der Waals surface area (Å²) in [7, 11) is 2.03. The summed E-state index contributed by atoms with van der Waals surface area (Å²) in [5.74, 6) is -0.653. The van der Waals surface area contributed by atoms with E-state index in [4.69, 9.17) is 9.84 Å². The van der Waals surface area contributed by atoms with Gasteiger partial charge in [-0.3, -0.25) is 4.79 Å². The molecule has 1 aromatic rings. The van der Waals surface area contributed by atoms with Gasteiger partial charge in [0.15, 0.2) is 6.61 Å². The first-order valence-corrected chi connectivity index (χ1v) is 7.67. The number of carbonyl (C=O) groups excluding carboxylic acids is 1. The van der Waals surface area contributed by atoms with Crippen molar-refractivity contribution in [2.24, 2.45) is 0 Å². The lowest BCUT2D eigenvalue weighted by Gasteiger charge is -2.32. The highest BCUT2D eigenvalue weighted by molar-refractivity contribution is 14.1. The number of likely N-dealkylation sites (N-methyl/N-ethyl adjacent to an activating group) is 1. The molecule has 6 nitrogen and oxygen atoms in total. The van der Waals surface area contributed by atoms with Crippen LogP contribution in [0.25, 0.3) is 0 Å². The number of benzene rings is 1. The van der Waals surface area contributed by atoms with Gasteiger partial charge in [-0.2, -0.15) is 0 Å². The van der Waals surface area contributed by atoms with Crippen LogP contribution in [0.5, 0.6) is 5.75 Å². The van der Waals surface area contributed by atoms with Crippen molar-refractivity contribution in [2.75, 3.05) is 39.8 Å². The number of nitrogens with zero attached hydrogens (tertiary/aromatic N) is 2. The summed E-state index contributed by atoms with van der Waals surface area (Å²) < 4.78 is 6.28. The minimum Gasteiger partial charge on any atom is -0.483 e. The van der Waals surface area contributed by atoms with Crippen LogP contribution in [0.2, 0.25) is 0 Å². The van der Waals surface area contributed by atoms with Crippen LogP contribution in [-0.4, -0.2) is 66.6 Å². The maximum atomic E-state index is 12.1. The predicted octanol–water partition coefficient (Wildman–Crippen LogP) is 1.14. The normalized spacial score (nSPS) is 15.8. The molecular formula is C14H17IN2O4. The van der Waals surface area contributed by atoms with E-state index in [2.05, 4.69) is 27.5 Å². The first kappa shape index (κ1) is 16.0. The summed E-state index contributed by atoms with van der Waals surface area (Å²) in [6.07, 6.45) is 0. The lowest BCUT2D eigenvalue weighted by Crippen LogP contribution is -2.48. The molecule has 0 aromatic heterocycles. The minimum atomic E-state index is -1.01. The number of aromatic carboxylic acids is 1. The molecule has 1 aliphatic heterocycles. The molecule has 1 fully saturated rings. The number of amides is 1.